The topological polar surface area (TPSA) is 73.4 Å². The molecule has 0 amide bonds. The highest BCUT2D eigenvalue weighted by molar-refractivity contribution is 6.12. The third-order valence-electron chi connectivity index (χ3n) is 8.90. The zero-order valence-corrected chi connectivity index (χ0v) is 25.8. The van der Waals surface area contributed by atoms with Crippen molar-refractivity contribution in [1.29, 1.82) is 10.5 Å². The van der Waals surface area contributed by atoms with E-state index < -0.39 is 0 Å². The van der Waals surface area contributed by atoms with E-state index in [0.717, 1.165) is 44.5 Å². The molecule has 0 N–H and O–H groups in total. The predicted octanol–water partition coefficient (Wildman–Crippen LogP) is 10.9. The Morgan fingerprint density at radius 3 is 1.10 bits per heavy atom. The maximum absolute atomic E-state index is 9.37. The van der Waals surface area contributed by atoms with Gasteiger partial charge in [-0.2, -0.15) is 10.5 Å². The molecule has 2 heterocycles. The van der Waals surface area contributed by atoms with Gasteiger partial charge >= 0.3 is 0 Å². The number of aromatic nitrogens is 2. The van der Waals surface area contributed by atoms with Crippen molar-refractivity contribution in [1.82, 2.24) is 9.97 Å². The third kappa shape index (κ3) is 5.14. The summed E-state index contributed by atoms with van der Waals surface area (Å²) in [6.45, 7) is 0. The van der Waals surface area contributed by atoms with Gasteiger partial charge in [0.2, 0.25) is 0 Å². The summed E-state index contributed by atoms with van der Waals surface area (Å²) in [6, 6.07) is 54.9. The second-order valence-corrected chi connectivity index (χ2v) is 11.7. The molecule has 8 aromatic rings. The lowest BCUT2D eigenvalue weighted by molar-refractivity contribution is 1.26. The van der Waals surface area contributed by atoms with Gasteiger partial charge in [0.25, 0.3) is 0 Å². The highest BCUT2D eigenvalue weighted by Crippen LogP contribution is 2.41. The first-order valence-corrected chi connectivity index (χ1v) is 15.7. The monoisotopic (exact) mass is 610 g/mol. The van der Waals surface area contributed by atoms with Crippen molar-refractivity contribution in [2.45, 2.75) is 0 Å². The first kappa shape index (κ1) is 28.6. The van der Waals surface area contributed by atoms with Crippen molar-refractivity contribution in [3.8, 4) is 67.8 Å². The Hall–Kier alpha value is -6.88. The molecule has 0 spiro atoms. The molecule has 0 bridgehead atoms. The Labute approximate surface area is 278 Å². The van der Waals surface area contributed by atoms with Gasteiger partial charge in [-0.1, -0.05) is 109 Å². The van der Waals surface area contributed by atoms with E-state index in [9.17, 15) is 10.5 Å². The number of rotatable bonds is 5. The molecular weight excluding hydrogens is 585 g/mol. The van der Waals surface area contributed by atoms with Crippen LogP contribution in [0, 0.1) is 22.7 Å². The van der Waals surface area contributed by atoms with Crippen molar-refractivity contribution in [2.75, 3.05) is 0 Å². The zero-order valence-electron chi connectivity index (χ0n) is 25.8. The fraction of sp³-hybridized carbons (Fsp3) is 0. The van der Waals surface area contributed by atoms with Crippen LogP contribution in [0.4, 0.5) is 0 Å². The molecule has 2 aromatic heterocycles. The van der Waals surface area contributed by atoms with E-state index in [1.165, 1.54) is 32.7 Å². The second-order valence-electron chi connectivity index (χ2n) is 11.7. The molecule has 48 heavy (non-hydrogen) atoms. The molecule has 0 atom stereocenters. The molecule has 0 unspecified atom stereocenters. The van der Waals surface area contributed by atoms with Crippen LogP contribution >= 0.6 is 0 Å². The standard InChI is InChI=1S/C44H26N4/c45-27-35-25-31(19-21-47-35)29-7-5-9-33(23-29)37-15-17-43(41-13-3-1-11-39(37)41)44-18-16-38(40-12-2-4-14-42(40)44)34-10-6-8-30(24-34)32-20-22-48-36(26-32)28-46/h1-26H. The van der Waals surface area contributed by atoms with Crippen molar-refractivity contribution in [3.05, 3.63) is 169 Å². The van der Waals surface area contributed by atoms with Crippen molar-refractivity contribution < 1.29 is 0 Å². The molecule has 4 heteroatoms. The van der Waals surface area contributed by atoms with Crippen LogP contribution in [0.5, 0.6) is 0 Å². The minimum atomic E-state index is 0.404. The summed E-state index contributed by atoms with van der Waals surface area (Å²) in [6.07, 6.45) is 3.37. The highest BCUT2D eigenvalue weighted by atomic mass is 14.7. The summed E-state index contributed by atoms with van der Waals surface area (Å²) >= 11 is 0. The van der Waals surface area contributed by atoms with E-state index in [1.54, 1.807) is 12.4 Å². The normalized spacial score (nSPS) is 10.9. The van der Waals surface area contributed by atoms with Gasteiger partial charge in [-0.25, -0.2) is 9.97 Å². The Morgan fingerprint density at radius 2 is 0.688 bits per heavy atom. The molecule has 0 aliphatic heterocycles. The molecule has 8 rings (SSSR count). The summed E-state index contributed by atoms with van der Waals surface area (Å²) in [5, 5.41) is 23.4. The summed E-state index contributed by atoms with van der Waals surface area (Å²) in [7, 11) is 0. The van der Waals surface area contributed by atoms with Crippen molar-refractivity contribution in [3.63, 3.8) is 0 Å². The van der Waals surface area contributed by atoms with Gasteiger partial charge in [0.1, 0.15) is 23.5 Å². The number of benzene rings is 6. The molecule has 0 fully saturated rings. The molecule has 0 aliphatic carbocycles. The van der Waals surface area contributed by atoms with Crippen LogP contribution in [0.3, 0.4) is 0 Å². The molecule has 0 radical (unpaired) electrons. The van der Waals surface area contributed by atoms with E-state index in [0.29, 0.717) is 11.4 Å². The quantitative estimate of drug-likeness (QED) is 0.194. The molecule has 222 valence electrons. The minimum absolute atomic E-state index is 0.404. The van der Waals surface area contributed by atoms with E-state index in [2.05, 4.69) is 143 Å². The van der Waals surface area contributed by atoms with E-state index >= 15 is 0 Å². The Bertz CT molecular complexity index is 2420. The molecule has 4 nitrogen and oxygen atoms in total. The number of fused-ring (bicyclic) bond motifs is 2. The van der Waals surface area contributed by atoms with Crippen LogP contribution in [-0.4, -0.2) is 9.97 Å². The molecule has 0 saturated carbocycles. The Morgan fingerprint density at radius 1 is 0.333 bits per heavy atom. The van der Waals surface area contributed by atoms with Crippen LogP contribution in [0.1, 0.15) is 11.4 Å². The molecule has 6 aromatic carbocycles. The van der Waals surface area contributed by atoms with Crippen LogP contribution in [0.2, 0.25) is 0 Å². The predicted molar refractivity (Wildman–Crippen MR) is 194 cm³/mol. The first-order chi connectivity index (χ1) is 23.7. The molecule has 0 saturated heterocycles. The average Bonchev–Trinajstić information content (AvgIpc) is 3.17. The lowest BCUT2D eigenvalue weighted by atomic mass is 9.87. The highest BCUT2D eigenvalue weighted by Gasteiger charge is 2.15. The SMILES string of the molecule is N#Cc1cc(-c2cccc(-c3ccc(-c4ccc(-c5cccc(-c6ccnc(C#N)c6)c5)c5ccccc45)c4ccccc34)c2)ccn1. The lowest BCUT2D eigenvalue weighted by Crippen LogP contribution is -1.90. The third-order valence-corrected chi connectivity index (χ3v) is 8.90. The van der Waals surface area contributed by atoms with Crippen LogP contribution in [0.15, 0.2) is 158 Å². The number of hydrogen-bond donors (Lipinski definition) is 0. The number of nitrogens with zero attached hydrogens (tertiary/aromatic N) is 4. The maximum atomic E-state index is 9.37. The van der Waals surface area contributed by atoms with Crippen molar-refractivity contribution >= 4 is 21.5 Å². The first-order valence-electron chi connectivity index (χ1n) is 15.7. The zero-order chi connectivity index (χ0) is 32.5. The smallest absolute Gasteiger partial charge is 0.141 e. The largest absolute Gasteiger partial charge is 0.246 e. The summed E-state index contributed by atoms with van der Waals surface area (Å²) in [4.78, 5) is 8.27. The van der Waals surface area contributed by atoms with Crippen LogP contribution in [-0.2, 0) is 0 Å². The van der Waals surface area contributed by atoms with Gasteiger partial charge < -0.3 is 0 Å². The van der Waals surface area contributed by atoms with Gasteiger partial charge in [-0.3, -0.25) is 0 Å². The number of hydrogen-bond acceptors (Lipinski definition) is 4. The van der Waals surface area contributed by atoms with Gasteiger partial charge in [-0.15, -0.1) is 0 Å². The van der Waals surface area contributed by atoms with E-state index in [4.69, 9.17) is 0 Å². The van der Waals surface area contributed by atoms with Gasteiger partial charge in [0.15, 0.2) is 0 Å². The Balaban J connectivity index is 1.24. The van der Waals surface area contributed by atoms with Gasteiger partial charge in [0.05, 0.1) is 0 Å². The van der Waals surface area contributed by atoms with Crippen LogP contribution < -0.4 is 0 Å². The van der Waals surface area contributed by atoms with E-state index in [1.807, 2.05) is 24.3 Å². The van der Waals surface area contributed by atoms with Gasteiger partial charge in [0, 0.05) is 12.4 Å². The van der Waals surface area contributed by atoms with Crippen molar-refractivity contribution in [2.24, 2.45) is 0 Å². The van der Waals surface area contributed by atoms with Gasteiger partial charge in [-0.05, 0) is 114 Å². The van der Waals surface area contributed by atoms with E-state index in [-0.39, 0.29) is 0 Å². The lowest BCUT2D eigenvalue weighted by Gasteiger charge is -2.16. The fourth-order valence-electron chi connectivity index (χ4n) is 6.65. The second kappa shape index (κ2) is 12.1. The molecular formula is C44H26N4. The summed E-state index contributed by atoms with van der Waals surface area (Å²) in [5.74, 6) is 0. The Kier molecular flexibility index (Phi) is 7.23. The summed E-state index contributed by atoms with van der Waals surface area (Å²) < 4.78 is 0. The summed E-state index contributed by atoms with van der Waals surface area (Å²) in [5.41, 5.74) is 11.7. The molecule has 0 aliphatic rings. The number of nitriles is 2. The minimum Gasteiger partial charge on any atom is -0.246 e. The fourth-order valence-corrected chi connectivity index (χ4v) is 6.65. The average molecular weight is 611 g/mol. The van der Waals surface area contributed by atoms with Crippen LogP contribution in [0.25, 0.3) is 77.2 Å². The number of pyridine rings is 2. The maximum Gasteiger partial charge on any atom is 0.141 e.